The lowest BCUT2D eigenvalue weighted by Crippen LogP contribution is -1.94. The fraction of sp³-hybridized carbons (Fsp3) is 0.125. The molecule has 0 aliphatic heterocycles. The third-order valence-corrected chi connectivity index (χ3v) is 1.89. The molecule has 0 amide bonds. The van der Waals surface area contributed by atoms with Crippen LogP contribution < -0.4 is 5.32 Å². The molecular formula is C8H7N4O3. The summed E-state index contributed by atoms with van der Waals surface area (Å²) in [5, 5.41) is 20.7. The van der Waals surface area contributed by atoms with Crippen LogP contribution >= 0.6 is 0 Å². The van der Waals surface area contributed by atoms with E-state index in [-0.39, 0.29) is 11.2 Å². The van der Waals surface area contributed by atoms with Crippen molar-refractivity contribution in [3.05, 3.63) is 28.8 Å². The van der Waals surface area contributed by atoms with Gasteiger partial charge in [-0.15, -0.1) is 0 Å². The van der Waals surface area contributed by atoms with Gasteiger partial charge in [0.2, 0.25) is 5.52 Å². The van der Waals surface area contributed by atoms with Crippen LogP contribution in [0.2, 0.25) is 0 Å². The smallest absolute Gasteiger partial charge is 0.300 e. The SMILES string of the molecule is C[CH]Nc1ccc([N+](=O)[O-])c2nonc12. The van der Waals surface area contributed by atoms with Gasteiger partial charge >= 0.3 is 5.69 Å². The van der Waals surface area contributed by atoms with E-state index in [9.17, 15) is 10.1 Å². The summed E-state index contributed by atoms with van der Waals surface area (Å²) in [4.78, 5) is 10.1. The van der Waals surface area contributed by atoms with Gasteiger partial charge in [-0.1, -0.05) is 0 Å². The van der Waals surface area contributed by atoms with Crippen molar-refractivity contribution in [1.82, 2.24) is 10.3 Å². The lowest BCUT2D eigenvalue weighted by Gasteiger charge is -2.01. The molecule has 0 saturated heterocycles. The molecule has 0 fully saturated rings. The van der Waals surface area contributed by atoms with E-state index in [0.29, 0.717) is 11.2 Å². The lowest BCUT2D eigenvalue weighted by molar-refractivity contribution is -0.383. The second-order valence-corrected chi connectivity index (χ2v) is 2.78. The quantitative estimate of drug-likeness (QED) is 0.608. The minimum Gasteiger partial charge on any atom is -0.379 e. The third-order valence-electron chi connectivity index (χ3n) is 1.89. The third kappa shape index (κ3) is 1.47. The van der Waals surface area contributed by atoms with E-state index < -0.39 is 4.92 Å². The number of rotatable bonds is 3. The fourth-order valence-electron chi connectivity index (χ4n) is 1.27. The second-order valence-electron chi connectivity index (χ2n) is 2.78. The molecule has 0 spiro atoms. The number of nitro benzene ring substituents is 1. The Morgan fingerprint density at radius 1 is 1.47 bits per heavy atom. The molecule has 2 rings (SSSR count). The summed E-state index contributed by atoms with van der Waals surface area (Å²) >= 11 is 0. The summed E-state index contributed by atoms with van der Waals surface area (Å²) in [5.74, 6) is 0. The maximum atomic E-state index is 10.6. The van der Waals surface area contributed by atoms with Crippen molar-refractivity contribution in [3.8, 4) is 0 Å². The number of aromatic nitrogens is 2. The molecule has 2 aromatic rings. The number of hydrogen-bond acceptors (Lipinski definition) is 6. The summed E-state index contributed by atoms with van der Waals surface area (Å²) in [5.41, 5.74) is 1.00. The molecule has 0 aliphatic carbocycles. The maximum absolute atomic E-state index is 10.6. The average Bonchev–Trinajstić information content (AvgIpc) is 2.66. The van der Waals surface area contributed by atoms with Crippen LogP contribution in [0.3, 0.4) is 0 Å². The summed E-state index contributed by atoms with van der Waals surface area (Å²) < 4.78 is 4.48. The van der Waals surface area contributed by atoms with E-state index in [1.807, 2.05) is 0 Å². The first-order valence-corrected chi connectivity index (χ1v) is 4.18. The van der Waals surface area contributed by atoms with E-state index in [1.165, 1.54) is 6.07 Å². The van der Waals surface area contributed by atoms with Crippen LogP contribution in [-0.2, 0) is 0 Å². The van der Waals surface area contributed by atoms with Crippen molar-refractivity contribution in [3.63, 3.8) is 0 Å². The molecule has 77 valence electrons. The zero-order valence-corrected chi connectivity index (χ0v) is 7.80. The van der Waals surface area contributed by atoms with Gasteiger partial charge < -0.3 is 5.32 Å². The normalized spacial score (nSPS) is 10.5. The Morgan fingerprint density at radius 2 is 2.20 bits per heavy atom. The summed E-state index contributed by atoms with van der Waals surface area (Å²) in [7, 11) is 0. The van der Waals surface area contributed by atoms with Crippen molar-refractivity contribution in [2.45, 2.75) is 6.92 Å². The van der Waals surface area contributed by atoms with Crippen LogP contribution in [0, 0.1) is 16.7 Å². The fourth-order valence-corrected chi connectivity index (χ4v) is 1.27. The number of benzene rings is 1. The Kier molecular flexibility index (Phi) is 2.20. The zero-order valence-electron chi connectivity index (χ0n) is 7.80. The predicted octanol–water partition coefficient (Wildman–Crippen LogP) is 1.72. The molecular weight excluding hydrogens is 200 g/mol. The van der Waals surface area contributed by atoms with E-state index in [4.69, 9.17) is 0 Å². The minimum atomic E-state index is -0.522. The van der Waals surface area contributed by atoms with Crippen LogP contribution in [-0.4, -0.2) is 15.2 Å². The molecule has 1 heterocycles. The van der Waals surface area contributed by atoms with Crippen LogP contribution in [0.4, 0.5) is 11.4 Å². The Labute approximate surface area is 84.2 Å². The highest BCUT2D eigenvalue weighted by Gasteiger charge is 2.18. The number of nitro groups is 1. The highest BCUT2D eigenvalue weighted by Crippen LogP contribution is 2.28. The largest absolute Gasteiger partial charge is 0.379 e. The Bertz CT molecular complexity index is 508. The number of non-ortho nitro benzene ring substituents is 1. The van der Waals surface area contributed by atoms with Crippen LogP contribution in [0.15, 0.2) is 16.8 Å². The van der Waals surface area contributed by atoms with Crippen molar-refractivity contribution in [1.29, 1.82) is 0 Å². The first-order chi connectivity index (χ1) is 7.24. The molecule has 0 bridgehead atoms. The molecule has 7 heteroatoms. The first kappa shape index (κ1) is 9.38. The van der Waals surface area contributed by atoms with E-state index in [1.54, 1.807) is 19.5 Å². The first-order valence-electron chi connectivity index (χ1n) is 4.18. The Hall–Kier alpha value is -2.18. The Morgan fingerprint density at radius 3 is 2.87 bits per heavy atom. The lowest BCUT2D eigenvalue weighted by atomic mass is 10.2. The van der Waals surface area contributed by atoms with Crippen molar-refractivity contribution in [2.24, 2.45) is 0 Å². The topological polar surface area (TPSA) is 94.1 Å². The Balaban J connectivity index is 2.65. The maximum Gasteiger partial charge on any atom is 0.300 e. The van der Waals surface area contributed by atoms with E-state index in [2.05, 4.69) is 20.3 Å². The molecule has 1 N–H and O–H groups in total. The molecule has 0 aliphatic rings. The molecule has 7 nitrogen and oxygen atoms in total. The molecule has 1 aromatic heterocycles. The molecule has 0 atom stereocenters. The monoisotopic (exact) mass is 207 g/mol. The van der Waals surface area contributed by atoms with Gasteiger partial charge in [0.25, 0.3) is 0 Å². The zero-order chi connectivity index (χ0) is 10.8. The van der Waals surface area contributed by atoms with Crippen LogP contribution in [0.5, 0.6) is 0 Å². The average molecular weight is 207 g/mol. The second kappa shape index (κ2) is 3.52. The molecule has 0 unspecified atom stereocenters. The van der Waals surface area contributed by atoms with E-state index in [0.717, 1.165) is 0 Å². The molecule has 0 saturated carbocycles. The van der Waals surface area contributed by atoms with Crippen LogP contribution in [0.1, 0.15) is 6.92 Å². The summed E-state index contributed by atoms with van der Waals surface area (Å²) in [6.45, 7) is 3.48. The van der Waals surface area contributed by atoms with Gasteiger partial charge in [0.15, 0.2) is 5.52 Å². The number of nitrogens with zero attached hydrogens (tertiary/aromatic N) is 3. The van der Waals surface area contributed by atoms with Crippen molar-refractivity contribution < 1.29 is 9.55 Å². The molecule has 1 aromatic carbocycles. The van der Waals surface area contributed by atoms with Gasteiger partial charge in [-0.2, -0.15) is 0 Å². The van der Waals surface area contributed by atoms with Gasteiger partial charge in [-0.3, -0.25) is 10.1 Å². The molecule has 15 heavy (non-hydrogen) atoms. The van der Waals surface area contributed by atoms with Gasteiger partial charge in [-0.05, 0) is 23.3 Å². The van der Waals surface area contributed by atoms with Gasteiger partial charge in [0.05, 0.1) is 10.6 Å². The van der Waals surface area contributed by atoms with Crippen molar-refractivity contribution >= 4 is 22.4 Å². The molecule has 1 radical (unpaired) electrons. The van der Waals surface area contributed by atoms with E-state index >= 15 is 0 Å². The number of nitrogens with one attached hydrogen (secondary N) is 1. The van der Waals surface area contributed by atoms with Crippen LogP contribution in [0.25, 0.3) is 11.0 Å². The number of fused-ring (bicyclic) bond motifs is 1. The van der Waals surface area contributed by atoms with Gasteiger partial charge in [0, 0.05) is 12.6 Å². The number of anilines is 1. The summed E-state index contributed by atoms with van der Waals surface area (Å²) in [6, 6.07) is 2.92. The highest BCUT2D eigenvalue weighted by atomic mass is 16.6. The highest BCUT2D eigenvalue weighted by molar-refractivity contribution is 5.93. The van der Waals surface area contributed by atoms with Gasteiger partial charge in [0.1, 0.15) is 0 Å². The minimum absolute atomic E-state index is 0.118. The number of hydrogen-bond donors (Lipinski definition) is 1. The van der Waals surface area contributed by atoms with Crippen molar-refractivity contribution in [2.75, 3.05) is 5.32 Å². The predicted molar refractivity (Wildman–Crippen MR) is 52.1 cm³/mol. The standard InChI is InChI=1S/C8H7N4O3/c1-2-9-5-3-4-6(12(13)14)8-7(5)10-15-11-8/h2-4,9H,1H3. The van der Waals surface area contributed by atoms with Gasteiger partial charge in [-0.25, -0.2) is 4.63 Å². The summed E-state index contributed by atoms with van der Waals surface area (Å²) in [6.07, 6.45) is 0.